The third-order valence-corrected chi connectivity index (χ3v) is 2.00. The molecule has 1 aromatic heterocycles. The standard InChI is InChI=1S/C10H14FN3/c1-5-14-8(11)7(6-12)13-9(14)10(2,3)4/h5H2,1-4H3. The molecule has 1 heterocycles. The van der Waals surface area contributed by atoms with Gasteiger partial charge < -0.3 is 4.57 Å². The van der Waals surface area contributed by atoms with Gasteiger partial charge in [-0.25, -0.2) is 4.98 Å². The summed E-state index contributed by atoms with van der Waals surface area (Å²) >= 11 is 0. The number of hydrogen-bond acceptors (Lipinski definition) is 2. The van der Waals surface area contributed by atoms with Gasteiger partial charge in [-0.05, 0) is 6.92 Å². The number of halogens is 1. The number of aromatic nitrogens is 2. The van der Waals surface area contributed by atoms with Crippen molar-refractivity contribution in [3.05, 3.63) is 17.5 Å². The van der Waals surface area contributed by atoms with Crippen molar-refractivity contribution in [2.45, 2.75) is 39.7 Å². The van der Waals surface area contributed by atoms with Gasteiger partial charge in [0.25, 0.3) is 0 Å². The number of nitriles is 1. The van der Waals surface area contributed by atoms with Crippen LogP contribution in [0, 0.1) is 17.3 Å². The Labute approximate surface area is 83.2 Å². The number of imidazole rings is 1. The van der Waals surface area contributed by atoms with Crippen molar-refractivity contribution in [3.63, 3.8) is 0 Å². The van der Waals surface area contributed by atoms with Crippen LogP contribution in [0.15, 0.2) is 0 Å². The third-order valence-electron chi connectivity index (χ3n) is 2.00. The first-order valence-electron chi connectivity index (χ1n) is 4.58. The molecule has 0 N–H and O–H groups in total. The molecule has 0 atom stereocenters. The number of hydrogen-bond donors (Lipinski definition) is 0. The molecule has 0 aliphatic heterocycles. The van der Waals surface area contributed by atoms with E-state index in [0.717, 1.165) is 0 Å². The van der Waals surface area contributed by atoms with E-state index < -0.39 is 5.95 Å². The molecule has 0 fully saturated rings. The van der Waals surface area contributed by atoms with Gasteiger partial charge >= 0.3 is 0 Å². The highest BCUT2D eigenvalue weighted by molar-refractivity contribution is 5.23. The lowest BCUT2D eigenvalue weighted by molar-refractivity contribution is 0.448. The zero-order chi connectivity index (χ0) is 10.9. The van der Waals surface area contributed by atoms with Gasteiger partial charge in [0.05, 0.1) is 0 Å². The third kappa shape index (κ3) is 1.63. The van der Waals surface area contributed by atoms with Crippen molar-refractivity contribution in [2.24, 2.45) is 0 Å². The molecule has 0 radical (unpaired) electrons. The fourth-order valence-corrected chi connectivity index (χ4v) is 1.37. The van der Waals surface area contributed by atoms with E-state index in [-0.39, 0.29) is 11.1 Å². The summed E-state index contributed by atoms with van der Waals surface area (Å²) in [6.07, 6.45) is 0. The van der Waals surface area contributed by atoms with E-state index >= 15 is 0 Å². The summed E-state index contributed by atoms with van der Waals surface area (Å²) in [5.41, 5.74) is -0.358. The lowest BCUT2D eigenvalue weighted by Gasteiger charge is -2.18. The zero-order valence-electron chi connectivity index (χ0n) is 8.93. The highest BCUT2D eigenvalue weighted by Crippen LogP contribution is 2.23. The van der Waals surface area contributed by atoms with Crippen molar-refractivity contribution in [1.82, 2.24) is 9.55 Å². The Kier molecular flexibility index (Phi) is 2.61. The summed E-state index contributed by atoms with van der Waals surface area (Å²) in [5, 5.41) is 8.65. The van der Waals surface area contributed by atoms with Crippen molar-refractivity contribution < 1.29 is 4.39 Å². The predicted molar refractivity (Wildman–Crippen MR) is 51.3 cm³/mol. The molecule has 4 heteroatoms. The van der Waals surface area contributed by atoms with Crippen LogP contribution in [0.4, 0.5) is 4.39 Å². The normalized spacial score (nSPS) is 11.4. The van der Waals surface area contributed by atoms with Crippen molar-refractivity contribution >= 4 is 0 Å². The fraction of sp³-hybridized carbons (Fsp3) is 0.600. The molecule has 0 amide bonds. The summed E-state index contributed by atoms with van der Waals surface area (Å²) in [4.78, 5) is 4.00. The van der Waals surface area contributed by atoms with Gasteiger partial charge in [0.2, 0.25) is 5.95 Å². The highest BCUT2D eigenvalue weighted by atomic mass is 19.1. The topological polar surface area (TPSA) is 41.6 Å². The maximum atomic E-state index is 13.5. The molecular weight excluding hydrogens is 181 g/mol. The second-order valence-electron chi connectivity index (χ2n) is 4.18. The first-order chi connectivity index (χ1) is 6.41. The summed E-state index contributed by atoms with van der Waals surface area (Å²) in [7, 11) is 0. The van der Waals surface area contributed by atoms with Gasteiger partial charge in [0, 0.05) is 12.0 Å². The van der Waals surface area contributed by atoms with Crippen LogP contribution in [0.1, 0.15) is 39.2 Å². The van der Waals surface area contributed by atoms with E-state index in [9.17, 15) is 4.39 Å². The lowest BCUT2D eigenvalue weighted by Crippen LogP contribution is -2.19. The van der Waals surface area contributed by atoms with Gasteiger partial charge in [0.1, 0.15) is 11.9 Å². The summed E-state index contributed by atoms with van der Waals surface area (Å²) < 4.78 is 14.9. The quantitative estimate of drug-likeness (QED) is 0.689. The van der Waals surface area contributed by atoms with E-state index in [0.29, 0.717) is 12.4 Å². The number of nitrogens with zero attached hydrogens (tertiary/aromatic N) is 3. The zero-order valence-corrected chi connectivity index (χ0v) is 8.93. The molecule has 0 aliphatic carbocycles. The Morgan fingerprint density at radius 1 is 1.50 bits per heavy atom. The molecule has 76 valence electrons. The first kappa shape index (κ1) is 10.7. The molecule has 0 saturated carbocycles. The van der Waals surface area contributed by atoms with E-state index in [1.165, 1.54) is 4.57 Å². The second kappa shape index (κ2) is 3.41. The molecule has 1 rings (SSSR count). The van der Waals surface area contributed by atoms with Crippen LogP contribution in [0.25, 0.3) is 0 Å². The fourth-order valence-electron chi connectivity index (χ4n) is 1.37. The maximum Gasteiger partial charge on any atom is 0.231 e. The molecule has 0 saturated heterocycles. The highest BCUT2D eigenvalue weighted by Gasteiger charge is 2.25. The molecule has 0 unspecified atom stereocenters. The Morgan fingerprint density at radius 2 is 2.07 bits per heavy atom. The minimum absolute atomic E-state index is 0.114. The molecule has 1 aromatic rings. The summed E-state index contributed by atoms with van der Waals surface area (Å²) in [6, 6.07) is 1.76. The van der Waals surface area contributed by atoms with Crippen molar-refractivity contribution in [2.75, 3.05) is 0 Å². The molecule has 3 nitrogen and oxygen atoms in total. The average Bonchev–Trinajstić information content (AvgIpc) is 2.41. The predicted octanol–water partition coefficient (Wildman–Crippen LogP) is 2.21. The van der Waals surface area contributed by atoms with Crippen LogP contribution in [-0.4, -0.2) is 9.55 Å². The van der Waals surface area contributed by atoms with Crippen LogP contribution in [-0.2, 0) is 12.0 Å². The van der Waals surface area contributed by atoms with Crippen LogP contribution < -0.4 is 0 Å². The Hall–Kier alpha value is -1.37. The van der Waals surface area contributed by atoms with Gasteiger partial charge in [-0.15, -0.1) is 0 Å². The number of rotatable bonds is 1. The van der Waals surface area contributed by atoms with Crippen LogP contribution in [0.5, 0.6) is 0 Å². The minimum Gasteiger partial charge on any atom is -0.304 e. The van der Waals surface area contributed by atoms with E-state index in [1.807, 2.05) is 27.7 Å². The smallest absolute Gasteiger partial charge is 0.231 e. The van der Waals surface area contributed by atoms with Gasteiger partial charge in [-0.1, -0.05) is 20.8 Å². The summed E-state index contributed by atoms with van der Waals surface area (Å²) in [5.74, 6) is 0.0916. The van der Waals surface area contributed by atoms with Gasteiger partial charge in [-0.2, -0.15) is 9.65 Å². The monoisotopic (exact) mass is 195 g/mol. The van der Waals surface area contributed by atoms with E-state index in [4.69, 9.17) is 5.26 Å². The Bertz CT molecular complexity index is 379. The molecule has 0 bridgehead atoms. The molecule has 0 aliphatic rings. The van der Waals surface area contributed by atoms with E-state index in [1.54, 1.807) is 6.07 Å². The molecular formula is C10H14FN3. The van der Waals surface area contributed by atoms with Gasteiger partial charge in [-0.3, -0.25) is 0 Å². The minimum atomic E-state index is -0.528. The lowest BCUT2D eigenvalue weighted by atomic mass is 9.96. The second-order valence-corrected chi connectivity index (χ2v) is 4.18. The molecule has 0 spiro atoms. The van der Waals surface area contributed by atoms with Crippen LogP contribution >= 0.6 is 0 Å². The average molecular weight is 195 g/mol. The maximum absolute atomic E-state index is 13.5. The SMILES string of the molecule is CCn1c(C(C)(C)C)nc(C#N)c1F. The summed E-state index contributed by atoms with van der Waals surface area (Å²) in [6.45, 7) is 8.17. The van der Waals surface area contributed by atoms with Crippen LogP contribution in [0.3, 0.4) is 0 Å². The largest absolute Gasteiger partial charge is 0.304 e. The molecule has 0 aromatic carbocycles. The first-order valence-corrected chi connectivity index (χ1v) is 4.58. The van der Waals surface area contributed by atoms with E-state index in [2.05, 4.69) is 4.98 Å². The van der Waals surface area contributed by atoms with Gasteiger partial charge in [0.15, 0.2) is 5.69 Å². The Balaban J connectivity index is 3.39. The van der Waals surface area contributed by atoms with Crippen LogP contribution in [0.2, 0.25) is 0 Å². The Morgan fingerprint density at radius 3 is 2.36 bits per heavy atom. The van der Waals surface area contributed by atoms with Crippen molar-refractivity contribution in [1.29, 1.82) is 5.26 Å². The van der Waals surface area contributed by atoms with Crippen molar-refractivity contribution in [3.8, 4) is 6.07 Å². The molecule has 14 heavy (non-hydrogen) atoms.